The van der Waals surface area contributed by atoms with Gasteiger partial charge in [0.05, 0.1) is 10.9 Å². The molecule has 0 bridgehead atoms. The second-order valence-corrected chi connectivity index (χ2v) is 4.85. The number of aliphatic hydroxyl groups is 1. The van der Waals surface area contributed by atoms with E-state index in [2.05, 4.69) is 4.98 Å². The Kier molecular flexibility index (Phi) is 3.04. The zero-order chi connectivity index (χ0) is 11.7. The van der Waals surface area contributed by atoms with Crippen LogP contribution >= 0.6 is 0 Å². The van der Waals surface area contributed by atoms with Gasteiger partial charge in [-0.05, 0) is 19.1 Å². The van der Waals surface area contributed by atoms with E-state index in [9.17, 15) is 9.32 Å². The lowest BCUT2D eigenvalue weighted by atomic mass is 10.2. The highest BCUT2D eigenvalue weighted by atomic mass is 32.2. The van der Waals surface area contributed by atoms with Gasteiger partial charge >= 0.3 is 0 Å². The minimum atomic E-state index is -2.06. The molecule has 2 rings (SSSR count). The van der Waals surface area contributed by atoms with Crippen LogP contribution in [0.2, 0.25) is 0 Å². The molecule has 0 fully saturated rings. The third-order valence-electron chi connectivity index (χ3n) is 2.45. The van der Waals surface area contributed by atoms with Crippen molar-refractivity contribution in [3.63, 3.8) is 0 Å². The fourth-order valence-electron chi connectivity index (χ4n) is 1.45. The minimum absolute atomic E-state index is 0.404. The van der Waals surface area contributed by atoms with Gasteiger partial charge in [0, 0.05) is 12.4 Å². The molecule has 0 saturated carbocycles. The SMILES string of the molecule is C[C@@H]([C@H](O)c1cn2ccccc2n1)S(=O)O. The van der Waals surface area contributed by atoms with Crippen LogP contribution in [0.4, 0.5) is 0 Å². The maximum atomic E-state index is 10.8. The van der Waals surface area contributed by atoms with E-state index in [4.69, 9.17) is 4.55 Å². The molecule has 1 unspecified atom stereocenters. The van der Waals surface area contributed by atoms with Gasteiger partial charge < -0.3 is 14.1 Å². The number of aliphatic hydroxyl groups excluding tert-OH is 1. The molecule has 3 atom stereocenters. The minimum Gasteiger partial charge on any atom is -0.385 e. The number of pyridine rings is 1. The molecule has 2 aromatic heterocycles. The lowest BCUT2D eigenvalue weighted by molar-refractivity contribution is 0.171. The van der Waals surface area contributed by atoms with Crippen LogP contribution in [-0.2, 0) is 11.1 Å². The van der Waals surface area contributed by atoms with Gasteiger partial charge in [0.1, 0.15) is 11.8 Å². The first-order valence-corrected chi connectivity index (χ1v) is 5.98. The van der Waals surface area contributed by atoms with Crippen molar-refractivity contribution >= 4 is 16.7 Å². The van der Waals surface area contributed by atoms with Gasteiger partial charge in [-0.25, -0.2) is 9.19 Å². The van der Waals surface area contributed by atoms with Gasteiger partial charge in [-0.3, -0.25) is 0 Å². The van der Waals surface area contributed by atoms with Crippen molar-refractivity contribution in [1.29, 1.82) is 0 Å². The Hall–Kier alpha value is -1.24. The number of imidazole rings is 1. The molecule has 2 aromatic rings. The van der Waals surface area contributed by atoms with E-state index >= 15 is 0 Å². The van der Waals surface area contributed by atoms with Gasteiger partial charge in [0.25, 0.3) is 0 Å². The molecule has 86 valence electrons. The monoisotopic (exact) mass is 240 g/mol. The average molecular weight is 240 g/mol. The van der Waals surface area contributed by atoms with Crippen molar-refractivity contribution < 1.29 is 13.9 Å². The Balaban J connectivity index is 2.36. The zero-order valence-electron chi connectivity index (χ0n) is 8.65. The Labute approximate surface area is 95.0 Å². The lowest BCUT2D eigenvalue weighted by Gasteiger charge is -2.12. The van der Waals surface area contributed by atoms with Crippen LogP contribution in [0.25, 0.3) is 5.65 Å². The summed E-state index contributed by atoms with van der Waals surface area (Å²) in [5.41, 5.74) is 1.11. The van der Waals surface area contributed by atoms with Crippen molar-refractivity contribution in [2.45, 2.75) is 18.3 Å². The smallest absolute Gasteiger partial charge is 0.158 e. The van der Waals surface area contributed by atoms with Gasteiger partial charge in [0.2, 0.25) is 0 Å². The van der Waals surface area contributed by atoms with Crippen molar-refractivity contribution in [3.05, 3.63) is 36.3 Å². The van der Waals surface area contributed by atoms with E-state index in [1.807, 2.05) is 12.1 Å². The van der Waals surface area contributed by atoms with E-state index in [1.165, 1.54) is 6.92 Å². The largest absolute Gasteiger partial charge is 0.385 e. The predicted octanol–water partition coefficient (Wildman–Crippen LogP) is 0.978. The van der Waals surface area contributed by atoms with Crippen LogP contribution in [0.3, 0.4) is 0 Å². The standard InChI is InChI=1S/C10H12N2O3S/c1-7(16(14)15)10(13)8-6-12-5-3-2-4-9(12)11-8/h2-7,10,13H,1H3,(H,14,15)/t7-,10-/m0/s1. The second-order valence-electron chi connectivity index (χ2n) is 3.56. The topological polar surface area (TPSA) is 74.8 Å². The van der Waals surface area contributed by atoms with Gasteiger partial charge in [-0.1, -0.05) is 6.07 Å². The Morgan fingerprint density at radius 3 is 2.88 bits per heavy atom. The number of aromatic nitrogens is 2. The van der Waals surface area contributed by atoms with Gasteiger partial charge in [-0.2, -0.15) is 0 Å². The summed E-state index contributed by atoms with van der Waals surface area (Å²) in [5.74, 6) is 0. The second kappa shape index (κ2) is 4.32. The summed E-state index contributed by atoms with van der Waals surface area (Å²) in [4.78, 5) is 4.18. The lowest BCUT2D eigenvalue weighted by Crippen LogP contribution is -2.20. The van der Waals surface area contributed by atoms with Crippen LogP contribution in [0.1, 0.15) is 18.7 Å². The Morgan fingerprint density at radius 1 is 1.50 bits per heavy atom. The first-order valence-electron chi connectivity index (χ1n) is 4.81. The molecule has 0 aliphatic carbocycles. The number of nitrogens with zero attached hydrogens (tertiary/aromatic N) is 2. The van der Waals surface area contributed by atoms with E-state index in [1.54, 1.807) is 22.9 Å². The molecule has 0 aliphatic heterocycles. The van der Waals surface area contributed by atoms with Crippen molar-refractivity contribution in [2.24, 2.45) is 0 Å². The predicted molar refractivity (Wildman–Crippen MR) is 60.4 cm³/mol. The molecular weight excluding hydrogens is 228 g/mol. The third-order valence-corrected chi connectivity index (χ3v) is 3.34. The van der Waals surface area contributed by atoms with E-state index in [0.717, 1.165) is 0 Å². The third kappa shape index (κ3) is 1.99. The van der Waals surface area contributed by atoms with E-state index in [0.29, 0.717) is 11.3 Å². The molecule has 16 heavy (non-hydrogen) atoms. The summed E-state index contributed by atoms with van der Waals surface area (Å²) in [7, 11) is 0. The molecule has 0 amide bonds. The summed E-state index contributed by atoms with van der Waals surface area (Å²) in [5, 5.41) is 9.07. The van der Waals surface area contributed by atoms with E-state index in [-0.39, 0.29) is 0 Å². The highest BCUT2D eigenvalue weighted by Gasteiger charge is 2.23. The number of rotatable bonds is 3. The molecule has 6 heteroatoms. The molecule has 5 nitrogen and oxygen atoms in total. The van der Waals surface area contributed by atoms with Gasteiger partial charge in [0.15, 0.2) is 11.1 Å². The molecule has 0 aromatic carbocycles. The average Bonchev–Trinajstić information content (AvgIpc) is 2.70. The van der Waals surface area contributed by atoms with Gasteiger partial charge in [-0.15, -0.1) is 0 Å². The molecule has 0 spiro atoms. The zero-order valence-corrected chi connectivity index (χ0v) is 9.46. The number of fused-ring (bicyclic) bond motifs is 1. The van der Waals surface area contributed by atoms with Crippen LogP contribution in [0.15, 0.2) is 30.6 Å². The maximum absolute atomic E-state index is 10.8. The van der Waals surface area contributed by atoms with Crippen LogP contribution in [-0.4, -0.2) is 28.5 Å². The fourth-order valence-corrected chi connectivity index (χ4v) is 1.81. The maximum Gasteiger partial charge on any atom is 0.158 e. The molecule has 0 saturated heterocycles. The van der Waals surface area contributed by atoms with Crippen LogP contribution in [0.5, 0.6) is 0 Å². The summed E-state index contributed by atoms with van der Waals surface area (Å²) in [6.07, 6.45) is 2.42. The van der Waals surface area contributed by atoms with Crippen LogP contribution < -0.4 is 0 Å². The first-order chi connectivity index (χ1) is 7.59. The highest BCUT2D eigenvalue weighted by molar-refractivity contribution is 7.79. The first kappa shape index (κ1) is 11.3. The van der Waals surface area contributed by atoms with E-state index < -0.39 is 22.4 Å². The molecular formula is C10H12N2O3S. The van der Waals surface area contributed by atoms with Crippen LogP contribution in [0, 0.1) is 0 Å². The molecule has 0 aliphatic rings. The molecule has 0 radical (unpaired) electrons. The quantitative estimate of drug-likeness (QED) is 0.784. The van der Waals surface area contributed by atoms with Crippen molar-refractivity contribution in [2.75, 3.05) is 0 Å². The Bertz CT molecular complexity index is 493. The summed E-state index contributed by atoms with van der Waals surface area (Å²) in [6, 6.07) is 5.49. The molecule has 2 N–H and O–H groups in total. The summed E-state index contributed by atoms with van der Waals surface area (Å²) >= 11 is -2.06. The number of hydrogen-bond acceptors (Lipinski definition) is 3. The Morgan fingerprint density at radius 2 is 2.25 bits per heavy atom. The normalized spacial score (nSPS) is 17.2. The van der Waals surface area contributed by atoms with Crippen molar-refractivity contribution in [3.8, 4) is 0 Å². The van der Waals surface area contributed by atoms with Crippen molar-refractivity contribution in [1.82, 2.24) is 9.38 Å². The fraction of sp³-hybridized carbons (Fsp3) is 0.300. The summed E-state index contributed by atoms with van der Waals surface area (Å²) in [6.45, 7) is 1.50. The number of hydrogen-bond donors (Lipinski definition) is 2. The summed E-state index contributed by atoms with van der Waals surface area (Å²) < 4.78 is 21.5. The molecule has 2 heterocycles. The highest BCUT2D eigenvalue weighted by Crippen LogP contribution is 2.19.